The summed E-state index contributed by atoms with van der Waals surface area (Å²) < 4.78 is 22.1. The molecular formula is C25H26N2O6S. The zero-order valence-corrected chi connectivity index (χ0v) is 19.8. The summed E-state index contributed by atoms with van der Waals surface area (Å²) in [7, 11) is 1.53. The van der Waals surface area contributed by atoms with Gasteiger partial charge < -0.3 is 29.6 Å². The molecule has 0 saturated heterocycles. The second kappa shape index (κ2) is 10.9. The number of hydrogen-bond donors (Lipinski definition) is 2. The molecule has 3 aromatic rings. The monoisotopic (exact) mass is 482 g/mol. The lowest BCUT2D eigenvalue weighted by Crippen LogP contribution is -2.28. The van der Waals surface area contributed by atoms with Crippen LogP contribution in [0.2, 0.25) is 0 Å². The van der Waals surface area contributed by atoms with E-state index in [-0.39, 0.29) is 18.4 Å². The summed E-state index contributed by atoms with van der Waals surface area (Å²) in [5, 5.41) is 5.61. The van der Waals surface area contributed by atoms with Crippen molar-refractivity contribution < 1.29 is 28.5 Å². The van der Waals surface area contributed by atoms with E-state index in [1.807, 2.05) is 43.3 Å². The van der Waals surface area contributed by atoms with Crippen molar-refractivity contribution >= 4 is 23.2 Å². The largest absolute Gasteiger partial charge is 0.493 e. The maximum atomic E-state index is 12.7. The summed E-state index contributed by atoms with van der Waals surface area (Å²) in [5.74, 6) is 2.05. The van der Waals surface area contributed by atoms with Gasteiger partial charge in [0.2, 0.25) is 0 Å². The quantitative estimate of drug-likeness (QED) is 0.484. The molecule has 178 valence electrons. The van der Waals surface area contributed by atoms with Crippen LogP contribution in [0.5, 0.6) is 23.0 Å². The van der Waals surface area contributed by atoms with Crippen LogP contribution in [-0.4, -0.2) is 45.3 Å². The van der Waals surface area contributed by atoms with Gasteiger partial charge in [-0.2, -0.15) is 0 Å². The molecule has 34 heavy (non-hydrogen) atoms. The number of fused-ring (bicyclic) bond motifs is 1. The van der Waals surface area contributed by atoms with Gasteiger partial charge >= 0.3 is 0 Å². The first kappa shape index (κ1) is 23.4. The highest BCUT2D eigenvalue weighted by molar-refractivity contribution is 7.17. The van der Waals surface area contributed by atoms with Crippen molar-refractivity contribution in [1.82, 2.24) is 10.6 Å². The first-order valence-corrected chi connectivity index (χ1v) is 11.7. The van der Waals surface area contributed by atoms with Gasteiger partial charge in [-0.25, -0.2) is 0 Å². The lowest BCUT2D eigenvalue weighted by molar-refractivity contribution is -0.123. The van der Waals surface area contributed by atoms with Crippen LogP contribution in [0.3, 0.4) is 0 Å². The van der Waals surface area contributed by atoms with Crippen LogP contribution in [0.25, 0.3) is 10.4 Å². The minimum Gasteiger partial charge on any atom is -0.493 e. The Morgan fingerprint density at radius 3 is 2.59 bits per heavy atom. The van der Waals surface area contributed by atoms with Crippen molar-refractivity contribution in [1.29, 1.82) is 0 Å². The Kier molecular flexibility index (Phi) is 7.54. The molecule has 2 heterocycles. The molecule has 0 spiro atoms. The van der Waals surface area contributed by atoms with E-state index in [1.165, 1.54) is 18.4 Å². The normalized spacial score (nSPS) is 12.1. The second-order valence-electron chi connectivity index (χ2n) is 7.43. The molecule has 2 amide bonds. The van der Waals surface area contributed by atoms with Gasteiger partial charge in [0.1, 0.15) is 13.2 Å². The van der Waals surface area contributed by atoms with Crippen molar-refractivity contribution in [2.24, 2.45) is 0 Å². The zero-order chi connectivity index (χ0) is 23.9. The molecule has 2 N–H and O–H groups in total. The third-order valence-corrected chi connectivity index (χ3v) is 6.20. The average Bonchev–Trinajstić information content (AvgIpc) is 3.36. The lowest BCUT2D eigenvalue weighted by atomic mass is 10.1. The maximum absolute atomic E-state index is 12.7. The van der Waals surface area contributed by atoms with E-state index >= 15 is 0 Å². The molecular weight excluding hydrogens is 456 g/mol. The maximum Gasteiger partial charge on any atom is 0.261 e. The van der Waals surface area contributed by atoms with Crippen molar-refractivity contribution in [3.8, 4) is 33.4 Å². The molecule has 0 fully saturated rings. The number of benzene rings is 2. The van der Waals surface area contributed by atoms with Crippen molar-refractivity contribution in [2.75, 3.05) is 33.5 Å². The minimum atomic E-state index is -0.201. The molecule has 1 aromatic heterocycles. The van der Waals surface area contributed by atoms with Crippen LogP contribution >= 0.6 is 11.3 Å². The third kappa shape index (κ3) is 5.60. The van der Waals surface area contributed by atoms with E-state index in [2.05, 4.69) is 10.6 Å². The number of methoxy groups -OCH3 is 1. The predicted molar refractivity (Wildman–Crippen MR) is 129 cm³/mol. The number of amides is 2. The highest BCUT2D eigenvalue weighted by Crippen LogP contribution is 2.37. The van der Waals surface area contributed by atoms with Crippen LogP contribution in [-0.2, 0) is 11.3 Å². The fourth-order valence-corrected chi connectivity index (χ4v) is 4.33. The number of likely N-dealkylation sites (N-methyl/N-ethyl adjacent to an activating group) is 1. The van der Waals surface area contributed by atoms with Gasteiger partial charge in [0, 0.05) is 18.0 Å². The van der Waals surface area contributed by atoms with E-state index in [4.69, 9.17) is 18.9 Å². The summed E-state index contributed by atoms with van der Waals surface area (Å²) in [6.07, 6.45) is 0. The fraction of sp³-hybridized carbons (Fsp3) is 0.280. The Morgan fingerprint density at radius 2 is 1.79 bits per heavy atom. The lowest BCUT2D eigenvalue weighted by Gasteiger charge is -2.18. The summed E-state index contributed by atoms with van der Waals surface area (Å²) in [6, 6.07) is 14.9. The Morgan fingerprint density at radius 1 is 0.971 bits per heavy atom. The molecule has 0 aliphatic carbocycles. The number of nitrogens with one attached hydrogen (secondary N) is 2. The van der Waals surface area contributed by atoms with Crippen molar-refractivity contribution in [3.05, 3.63) is 59.0 Å². The number of rotatable bonds is 9. The van der Waals surface area contributed by atoms with Gasteiger partial charge in [-0.15, -0.1) is 11.3 Å². The first-order chi connectivity index (χ1) is 16.6. The standard InChI is InChI=1S/C25H26N2O6S/c1-3-26-24(28)15-33-18-6-4-16(12-20(18)30-2)14-27-25(29)23-9-8-22(34-23)17-5-7-19-21(13-17)32-11-10-31-19/h4-9,12-13H,3,10-11,14-15H2,1-2H3,(H,26,28)(H,27,29). The molecule has 8 nitrogen and oxygen atoms in total. The first-order valence-electron chi connectivity index (χ1n) is 10.9. The minimum absolute atomic E-state index is 0.0929. The van der Waals surface area contributed by atoms with Gasteiger partial charge in [-0.1, -0.05) is 6.07 Å². The number of thiophene rings is 1. The Labute approximate surface area is 201 Å². The van der Waals surface area contributed by atoms with Crippen LogP contribution < -0.4 is 29.6 Å². The van der Waals surface area contributed by atoms with Crippen molar-refractivity contribution in [3.63, 3.8) is 0 Å². The summed E-state index contributed by atoms with van der Waals surface area (Å²) in [5.41, 5.74) is 1.82. The number of carbonyl (C=O) groups is 2. The Hall–Kier alpha value is -3.72. The average molecular weight is 483 g/mol. The van der Waals surface area contributed by atoms with Crippen LogP contribution in [0.4, 0.5) is 0 Å². The van der Waals surface area contributed by atoms with Gasteiger partial charge in [-0.3, -0.25) is 9.59 Å². The third-order valence-electron chi connectivity index (χ3n) is 5.07. The fourth-order valence-electron chi connectivity index (χ4n) is 3.41. The van der Waals surface area contributed by atoms with E-state index < -0.39 is 0 Å². The van der Waals surface area contributed by atoms with E-state index in [0.717, 1.165) is 27.5 Å². The van der Waals surface area contributed by atoms with Crippen LogP contribution in [0.1, 0.15) is 22.2 Å². The summed E-state index contributed by atoms with van der Waals surface area (Å²) >= 11 is 1.41. The summed E-state index contributed by atoms with van der Waals surface area (Å²) in [6.45, 7) is 3.69. The topological polar surface area (TPSA) is 95.1 Å². The molecule has 4 rings (SSSR count). The highest BCUT2D eigenvalue weighted by atomic mass is 32.1. The van der Waals surface area contributed by atoms with Crippen LogP contribution in [0.15, 0.2) is 48.5 Å². The second-order valence-corrected chi connectivity index (χ2v) is 8.52. The van der Waals surface area contributed by atoms with Gasteiger partial charge in [0.15, 0.2) is 29.6 Å². The Balaban J connectivity index is 1.36. The molecule has 0 unspecified atom stereocenters. The Bertz CT molecular complexity index is 1180. The molecule has 0 saturated carbocycles. The smallest absolute Gasteiger partial charge is 0.261 e. The molecule has 9 heteroatoms. The van der Waals surface area contributed by atoms with E-state index in [1.54, 1.807) is 12.1 Å². The van der Waals surface area contributed by atoms with Crippen LogP contribution in [0, 0.1) is 0 Å². The van der Waals surface area contributed by atoms with Crippen molar-refractivity contribution in [2.45, 2.75) is 13.5 Å². The number of ether oxygens (including phenoxy) is 4. The van der Waals surface area contributed by atoms with E-state index in [0.29, 0.717) is 42.7 Å². The molecule has 1 aliphatic heterocycles. The zero-order valence-electron chi connectivity index (χ0n) is 19.0. The number of hydrogen-bond acceptors (Lipinski definition) is 7. The van der Waals surface area contributed by atoms with E-state index in [9.17, 15) is 9.59 Å². The number of carbonyl (C=O) groups excluding carboxylic acids is 2. The molecule has 0 atom stereocenters. The SMILES string of the molecule is CCNC(=O)COc1ccc(CNC(=O)c2ccc(-c3ccc4c(c3)OCCO4)s2)cc1OC. The molecule has 1 aliphatic rings. The molecule has 0 radical (unpaired) electrons. The van der Waals surface area contributed by atoms with Gasteiger partial charge in [-0.05, 0) is 60.5 Å². The predicted octanol–water partition coefficient (Wildman–Crippen LogP) is 3.64. The van der Waals surface area contributed by atoms with Gasteiger partial charge in [0.05, 0.1) is 12.0 Å². The summed E-state index contributed by atoms with van der Waals surface area (Å²) in [4.78, 5) is 25.9. The van der Waals surface area contributed by atoms with Gasteiger partial charge in [0.25, 0.3) is 11.8 Å². The molecule has 0 bridgehead atoms. The molecule has 2 aromatic carbocycles. The highest BCUT2D eigenvalue weighted by Gasteiger charge is 2.15.